The smallest absolute Gasteiger partial charge is 0.250 e. The van der Waals surface area contributed by atoms with Crippen molar-refractivity contribution in [2.45, 2.75) is 38.1 Å². The predicted octanol–water partition coefficient (Wildman–Crippen LogP) is 2.28. The quantitative estimate of drug-likeness (QED) is 0.609. The molecule has 2 aliphatic heterocycles. The van der Waals surface area contributed by atoms with E-state index >= 15 is 0 Å². The van der Waals surface area contributed by atoms with Crippen LogP contribution in [0.2, 0.25) is 0 Å². The minimum absolute atomic E-state index is 0.0236. The van der Waals surface area contributed by atoms with E-state index in [0.717, 1.165) is 16.8 Å². The van der Waals surface area contributed by atoms with Crippen molar-refractivity contribution in [1.82, 2.24) is 19.8 Å². The van der Waals surface area contributed by atoms with Gasteiger partial charge in [-0.2, -0.15) is 0 Å². The second-order valence-electron chi connectivity index (χ2n) is 8.97. The van der Waals surface area contributed by atoms with Crippen molar-refractivity contribution >= 4 is 5.91 Å². The lowest BCUT2D eigenvalue weighted by Gasteiger charge is -2.31. The Labute approximate surface area is 192 Å². The molecule has 2 aliphatic rings. The summed E-state index contributed by atoms with van der Waals surface area (Å²) in [5.41, 5.74) is 2.88. The van der Waals surface area contributed by atoms with E-state index in [0.29, 0.717) is 13.1 Å². The van der Waals surface area contributed by atoms with Gasteiger partial charge in [0.1, 0.15) is 0 Å². The zero-order valence-corrected chi connectivity index (χ0v) is 18.5. The van der Waals surface area contributed by atoms with Gasteiger partial charge < -0.3 is 15.0 Å². The fourth-order valence-electron chi connectivity index (χ4n) is 5.56. The Hall–Kier alpha value is -3.29. The van der Waals surface area contributed by atoms with Gasteiger partial charge in [0.2, 0.25) is 5.91 Å². The van der Waals surface area contributed by atoms with Gasteiger partial charge in [-0.05, 0) is 30.2 Å². The first kappa shape index (κ1) is 21.6. The Morgan fingerprint density at radius 2 is 1.97 bits per heavy atom. The van der Waals surface area contributed by atoms with Gasteiger partial charge >= 0.3 is 0 Å². The van der Waals surface area contributed by atoms with Gasteiger partial charge in [0.05, 0.1) is 18.1 Å². The van der Waals surface area contributed by atoms with Gasteiger partial charge in [-0.1, -0.05) is 42.5 Å². The van der Waals surface area contributed by atoms with Crippen LogP contribution in [0.3, 0.4) is 0 Å². The monoisotopic (exact) mass is 444 g/mol. The number of pyridine rings is 2. The number of aliphatic hydroxyl groups is 1. The maximum atomic E-state index is 13.7. The Bertz CT molecular complexity index is 1180. The molecular weight excluding hydrogens is 416 g/mol. The highest BCUT2D eigenvalue weighted by Gasteiger charge is 2.55. The van der Waals surface area contributed by atoms with E-state index in [1.807, 2.05) is 55.5 Å². The molecule has 0 unspecified atom stereocenters. The highest BCUT2D eigenvalue weighted by molar-refractivity contribution is 5.83. The third kappa shape index (κ3) is 3.87. The molecule has 0 bridgehead atoms. The van der Waals surface area contributed by atoms with Crippen LogP contribution in [0.25, 0.3) is 0 Å². The summed E-state index contributed by atoms with van der Waals surface area (Å²) in [4.78, 5) is 32.6. The minimum atomic E-state index is -0.513. The normalized spacial score (nSPS) is 24.8. The van der Waals surface area contributed by atoms with Crippen LogP contribution in [0.1, 0.15) is 35.8 Å². The van der Waals surface area contributed by atoms with Crippen molar-refractivity contribution in [3.8, 4) is 0 Å². The first-order valence-corrected chi connectivity index (χ1v) is 11.4. The number of likely N-dealkylation sites (tertiary alicyclic amines) is 1. The summed E-state index contributed by atoms with van der Waals surface area (Å²) in [6.45, 7) is 2.86. The average molecular weight is 445 g/mol. The maximum absolute atomic E-state index is 13.7. The number of aliphatic hydroxyl groups excluding tert-OH is 1. The third-order valence-electron chi connectivity index (χ3n) is 7.08. The summed E-state index contributed by atoms with van der Waals surface area (Å²) in [7, 11) is 0. The van der Waals surface area contributed by atoms with Crippen LogP contribution in [0, 0.1) is 11.8 Å². The predicted molar refractivity (Wildman–Crippen MR) is 124 cm³/mol. The first-order chi connectivity index (χ1) is 16.1. The number of hydrogen-bond donors (Lipinski definition) is 2. The fourth-order valence-corrected chi connectivity index (χ4v) is 5.56. The molecule has 7 heteroatoms. The number of benzene rings is 1. The summed E-state index contributed by atoms with van der Waals surface area (Å²) < 4.78 is 1.79. The fraction of sp³-hybridized carbons (Fsp3) is 0.346. The molecule has 2 aromatic heterocycles. The molecule has 0 saturated carbocycles. The summed E-state index contributed by atoms with van der Waals surface area (Å²) >= 11 is 0. The number of carbonyl (C=O) groups is 1. The molecule has 7 nitrogen and oxygen atoms in total. The van der Waals surface area contributed by atoms with Gasteiger partial charge in [0.25, 0.3) is 5.56 Å². The standard InChI is InChI=1S/C26H28N4O3/c1-17(19-8-3-2-4-9-19)28-26(33)25-21(16-31)20-15-29-22(10-5-11-23(29)32)24(20)30(25)14-18-7-6-12-27-13-18/h2-13,17,20-21,24-25,31H,14-16H2,1H3,(H,28,33)/t17-,20-,21-,24+,25-/m0/s1. The molecule has 1 saturated heterocycles. The molecule has 5 rings (SSSR count). The summed E-state index contributed by atoms with van der Waals surface area (Å²) in [6, 6.07) is 18.2. The molecule has 5 atom stereocenters. The highest BCUT2D eigenvalue weighted by Crippen LogP contribution is 2.49. The zero-order valence-electron chi connectivity index (χ0n) is 18.5. The van der Waals surface area contributed by atoms with Gasteiger partial charge in [-0.3, -0.25) is 19.5 Å². The molecule has 3 aromatic rings. The van der Waals surface area contributed by atoms with Crippen LogP contribution in [-0.4, -0.2) is 38.1 Å². The lowest BCUT2D eigenvalue weighted by Crippen LogP contribution is -2.48. The molecule has 1 amide bonds. The van der Waals surface area contributed by atoms with Crippen molar-refractivity contribution in [2.75, 3.05) is 6.61 Å². The largest absolute Gasteiger partial charge is 0.396 e. The molecule has 0 aliphatic carbocycles. The number of aromatic nitrogens is 2. The number of nitrogens with zero attached hydrogens (tertiary/aromatic N) is 3. The van der Waals surface area contributed by atoms with Crippen LogP contribution >= 0.6 is 0 Å². The zero-order chi connectivity index (χ0) is 22.9. The second kappa shape index (κ2) is 8.92. The van der Waals surface area contributed by atoms with E-state index < -0.39 is 6.04 Å². The maximum Gasteiger partial charge on any atom is 0.250 e. The van der Waals surface area contributed by atoms with Crippen LogP contribution in [-0.2, 0) is 17.9 Å². The highest BCUT2D eigenvalue weighted by atomic mass is 16.3. The van der Waals surface area contributed by atoms with Crippen molar-refractivity contribution in [3.05, 3.63) is 100 Å². The molecular formula is C26H28N4O3. The Morgan fingerprint density at radius 3 is 2.70 bits per heavy atom. The topological polar surface area (TPSA) is 87.5 Å². The molecule has 4 heterocycles. The third-order valence-corrected chi connectivity index (χ3v) is 7.08. The number of hydrogen-bond acceptors (Lipinski definition) is 5. The Balaban J connectivity index is 1.51. The van der Waals surface area contributed by atoms with Gasteiger partial charge in [0.15, 0.2) is 0 Å². The van der Waals surface area contributed by atoms with E-state index in [1.165, 1.54) is 0 Å². The molecule has 33 heavy (non-hydrogen) atoms. The number of nitrogens with one attached hydrogen (secondary N) is 1. The van der Waals surface area contributed by atoms with Crippen molar-refractivity contribution in [1.29, 1.82) is 0 Å². The Morgan fingerprint density at radius 1 is 1.15 bits per heavy atom. The Kier molecular flexibility index (Phi) is 5.83. The SMILES string of the molecule is C[C@H](NC(=O)[C@@H]1[C@@H](CO)[C@@H]2Cn3c(cccc3=O)[C@@H]2N1Cc1cccnc1)c1ccccc1. The molecule has 0 spiro atoms. The van der Waals surface area contributed by atoms with Crippen LogP contribution in [0.5, 0.6) is 0 Å². The summed E-state index contributed by atoms with van der Waals surface area (Å²) in [6.07, 6.45) is 3.53. The van der Waals surface area contributed by atoms with E-state index in [1.54, 1.807) is 29.1 Å². The van der Waals surface area contributed by atoms with E-state index in [4.69, 9.17) is 0 Å². The molecule has 0 radical (unpaired) electrons. The minimum Gasteiger partial charge on any atom is -0.396 e. The molecule has 170 valence electrons. The number of fused-ring (bicyclic) bond motifs is 3. The van der Waals surface area contributed by atoms with Crippen molar-refractivity contribution in [3.63, 3.8) is 0 Å². The molecule has 2 N–H and O–H groups in total. The van der Waals surface area contributed by atoms with Crippen LogP contribution < -0.4 is 10.9 Å². The van der Waals surface area contributed by atoms with Crippen LogP contribution in [0.4, 0.5) is 0 Å². The first-order valence-electron chi connectivity index (χ1n) is 11.4. The number of carbonyl (C=O) groups excluding carboxylic acids is 1. The van der Waals surface area contributed by atoms with Gasteiger partial charge in [-0.25, -0.2) is 0 Å². The summed E-state index contributed by atoms with van der Waals surface area (Å²) in [5, 5.41) is 13.6. The van der Waals surface area contributed by atoms with Gasteiger partial charge in [0, 0.05) is 55.7 Å². The van der Waals surface area contributed by atoms with E-state index in [2.05, 4.69) is 15.2 Å². The lowest BCUT2D eigenvalue weighted by molar-refractivity contribution is -0.128. The average Bonchev–Trinajstić information content (AvgIpc) is 3.36. The van der Waals surface area contributed by atoms with Crippen molar-refractivity contribution < 1.29 is 9.90 Å². The second-order valence-corrected chi connectivity index (χ2v) is 8.97. The number of amides is 1. The lowest BCUT2D eigenvalue weighted by atomic mass is 9.88. The summed E-state index contributed by atoms with van der Waals surface area (Å²) in [5.74, 6) is -0.410. The number of rotatable bonds is 6. The van der Waals surface area contributed by atoms with E-state index in [-0.39, 0.29) is 42.0 Å². The van der Waals surface area contributed by atoms with E-state index in [9.17, 15) is 14.7 Å². The van der Waals surface area contributed by atoms with Gasteiger partial charge in [-0.15, -0.1) is 0 Å². The van der Waals surface area contributed by atoms with Crippen LogP contribution in [0.15, 0.2) is 77.9 Å². The molecule has 1 aromatic carbocycles. The molecule has 1 fully saturated rings. The van der Waals surface area contributed by atoms with Crippen molar-refractivity contribution in [2.24, 2.45) is 11.8 Å².